The molecule has 6 aromatic heterocycles. The SMILES string of the molecule is CCC(=O)Nc1nc2c(cc1Br)c(-c1ccncc1)c(-c1ccc(F)cc1)n2C.CCC(=O)Nc1nc2c(cc1C(=O)OC)c(-c1ccncc1)c(-c1ccc(F)cc1)n2C.[O]=[Pd]. The van der Waals surface area contributed by atoms with Gasteiger partial charge in [0.05, 0.1) is 23.0 Å². The fourth-order valence-electron chi connectivity index (χ4n) is 7.07. The summed E-state index contributed by atoms with van der Waals surface area (Å²) in [4.78, 5) is 54.0. The normalized spacial score (nSPS) is 10.7. The van der Waals surface area contributed by atoms with Gasteiger partial charge in [-0.15, -0.1) is 0 Å². The average molecular weight is 1010 g/mol. The number of hydrogen-bond donors (Lipinski definition) is 2. The first-order valence-corrected chi connectivity index (χ1v) is 20.7. The number of aryl methyl sites for hydroxylation is 2. The molecular weight excluding hydrogens is 969 g/mol. The van der Waals surface area contributed by atoms with Gasteiger partial charge in [0.25, 0.3) is 0 Å². The first kappa shape index (κ1) is 45.8. The van der Waals surface area contributed by atoms with Crippen LogP contribution in [0.1, 0.15) is 37.0 Å². The Hall–Kier alpha value is -6.67. The van der Waals surface area contributed by atoms with Crippen LogP contribution in [0.15, 0.2) is 114 Å². The van der Waals surface area contributed by atoms with Crippen LogP contribution < -0.4 is 10.6 Å². The summed E-state index contributed by atoms with van der Waals surface area (Å²) in [5.41, 5.74) is 8.36. The van der Waals surface area contributed by atoms with Crippen molar-refractivity contribution in [1.82, 2.24) is 29.1 Å². The van der Waals surface area contributed by atoms with Crippen LogP contribution in [0.5, 0.6) is 0 Å². The van der Waals surface area contributed by atoms with Crippen molar-refractivity contribution in [2.24, 2.45) is 14.1 Å². The van der Waals surface area contributed by atoms with Crippen LogP contribution in [0.25, 0.3) is 66.8 Å². The molecule has 0 radical (unpaired) electrons. The van der Waals surface area contributed by atoms with Gasteiger partial charge in [-0.3, -0.25) is 19.6 Å². The van der Waals surface area contributed by atoms with Crippen LogP contribution in [0.4, 0.5) is 20.4 Å². The summed E-state index contributed by atoms with van der Waals surface area (Å²) < 4.78 is 44.7. The van der Waals surface area contributed by atoms with Crippen molar-refractivity contribution in [1.29, 1.82) is 0 Å². The third kappa shape index (κ3) is 9.71. The number of benzene rings is 2. The molecule has 0 atom stereocenters. The molecule has 0 saturated heterocycles. The molecule has 0 aliphatic heterocycles. The number of carbonyl (C=O) groups excluding carboxylic acids is 3. The number of nitrogens with zero attached hydrogens (tertiary/aromatic N) is 6. The number of esters is 1. The molecule has 63 heavy (non-hydrogen) atoms. The fourth-order valence-corrected chi connectivity index (χ4v) is 7.48. The summed E-state index contributed by atoms with van der Waals surface area (Å²) in [7, 11) is 5.02. The Bertz CT molecular complexity index is 2950. The van der Waals surface area contributed by atoms with Gasteiger partial charge in [-0.1, -0.05) is 13.8 Å². The molecule has 324 valence electrons. The fraction of sp³-hybridized carbons (Fsp3) is 0.152. The third-order valence-corrected chi connectivity index (χ3v) is 10.6. The Morgan fingerprint density at radius 1 is 0.635 bits per heavy atom. The van der Waals surface area contributed by atoms with Crippen LogP contribution >= 0.6 is 15.9 Å². The number of hydrogen-bond acceptors (Lipinski definition) is 9. The number of fused-ring (bicyclic) bond motifs is 2. The molecule has 0 unspecified atom stereocenters. The van der Waals surface area contributed by atoms with E-state index in [9.17, 15) is 23.2 Å². The van der Waals surface area contributed by atoms with E-state index >= 15 is 0 Å². The molecule has 8 aromatic rings. The van der Waals surface area contributed by atoms with Crippen molar-refractivity contribution in [3.05, 3.63) is 131 Å². The van der Waals surface area contributed by atoms with Gasteiger partial charge in [0.2, 0.25) is 11.8 Å². The molecule has 0 saturated carbocycles. The Kier molecular flexibility index (Phi) is 14.9. The Labute approximate surface area is 379 Å². The van der Waals surface area contributed by atoms with E-state index in [2.05, 4.69) is 41.5 Å². The summed E-state index contributed by atoms with van der Waals surface area (Å²) >= 11 is 5.03. The number of pyridine rings is 4. The second-order valence-corrected chi connectivity index (χ2v) is 14.6. The number of nitrogens with one attached hydrogen (secondary N) is 2. The minimum absolute atomic E-state index is 0.111. The summed E-state index contributed by atoms with van der Waals surface area (Å²) in [6, 6.07) is 23.8. The second-order valence-electron chi connectivity index (χ2n) is 13.8. The van der Waals surface area contributed by atoms with Crippen molar-refractivity contribution in [2.75, 3.05) is 17.7 Å². The summed E-state index contributed by atoms with van der Waals surface area (Å²) in [5.74, 6) is -1.03. The molecule has 2 amide bonds. The number of amides is 2. The molecule has 0 aliphatic carbocycles. The van der Waals surface area contributed by atoms with Crippen LogP contribution in [0.3, 0.4) is 0 Å². The van der Waals surface area contributed by atoms with E-state index in [1.54, 1.807) is 69.0 Å². The van der Waals surface area contributed by atoms with Crippen LogP contribution in [0.2, 0.25) is 0 Å². The maximum atomic E-state index is 13.6. The van der Waals surface area contributed by atoms with E-state index in [4.69, 9.17) is 13.2 Å². The standard InChI is InChI=1S/C24H21FN4O3.C22H18BrFN4O.O.Pd/c1-4-19(30)27-22-18(24(31)32-3)13-17-20(14-9-11-26-12-10-14)21(29(2)23(17)28-22)15-5-7-16(25)8-6-15;1-3-18(29)26-21-17(23)12-16-19(13-8-10-25-11-9-13)20(28(2)22(16)27-21)14-4-6-15(24)7-5-14;;/h5-13H,4H2,1-3H3,(H,27,28,30);4-12H,3H2,1-2H3,(H,26,27,29);;. The predicted octanol–water partition coefficient (Wildman–Crippen LogP) is 10.0. The molecule has 13 nitrogen and oxygen atoms in total. The number of carbonyl (C=O) groups is 3. The van der Waals surface area contributed by atoms with E-state index in [0.717, 1.165) is 50.2 Å². The van der Waals surface area contributed by atoms with Crippen molar-refractivity contribution in [2.45, 2.75) is 26.7 Å². The first-order valence-electron chi connectivity index (χ1n) is 19.3. The molecule has 0 spiro atoms. The molecule has 0 fully saturated rings. The molecule has 8 rings (SSSR count). The van der Waals surface area contributed by atoms with E-state index in [1.807, 2.05) is 53.6 Å². The molecule has 0 bridgehead atoms. The number of halogens is 3. The molecular formula is C46H39BrF2N8O5Pd. The second kappa shape index (κ2) is 20.5. The minimum atomic E-state index is -0.612. The monoisotopic (exact) mass is 1010 g/mol. The number of aromatic nitrogens is 6. The van der Waals surface area contributed by atoms with E-state index < -0.39 is 5.97 Å². The van der Waals surface area contributed by atoms with Crippen molar-refractivity contribution in [3.63, 3.8) is 0 Å². The number of rotatable bonds is 9. The van der Waals surface area contributed by atoms with Crippen LogP contribution in [-0.4, -0.2) is 54.0 Å². The number of ether oxygens (including phenoxy) is 1. The van der Waals surface area contributed by atoms with Gasteiger partial charge in [0.15, 0.2) is 0 Å². The zero-order chi connectivity index (χ0) is 45.4. The first-order chi connectivity index (χ1) is 30.4. The zero-order valence-electron chi connectivity index (χ0n) is 34.5. The van der Waals surface area contributed by atoms with Gasteiger partial charge in [0.1, 0.15) is 40.1 Å². The quantitative estimate of drug-likeness (QED) is 0.106. The van der Waals surface area contributed by atoms with Crippen molar-refractivity contribution in [3.8, 4) is 44.8 Å². The van der Waals surface area contributed by atoms with Gasteiger partial charge >= 0.3 is 28.6 Å². The Balaban J connectivity index is 0.000000203. The van der Waals surface area contributed by atoms with Crippen LogP contribution in [0, 0.1) is 11.6 Å². The molecule has 2 N–H and O–H groups in total. The topological polar surface area (TPSA) is 163 Å². The summed E-state index contributed by atoms with van der Waals surface area (Å²) in [6.45, 7) is 3.50. The van der Waals surface area contributed by atoms with Gasteiger partial charge in [-0.2, -0.15) is 0 Å². The zero-order valence-corrected chi connectivity index (χ0v) is 37.6. The number of anilines is 2. The average Bonchev–Trinajstić information content (AvgIpc) is 3.76. The Morgan fingerprint density at radius 2 is 1.03 bits per heavy atom. The predicted molar refractivity (Wildman–Crippen MR) is 236 cm³/mol. The maximum absolute atomic E-state index is 13.6. The van der Waals surface area contributed by atoms with Gasteiger partial charge in [-0.25, -0.2) is 23.5 Å². The molecule has 0 aliphatic rings. The van der Waals surface area contributed by atoms with E-state index in [-0.39, 0.29) is 41.3 Å². The van der Waals surface area contributed by atoms with Crippen molar-refractivity contribution < 1.29 is 50.5 Å². The van der Waals surface area contributed by atoms with Crippen LogP contribution in [-0.2, 0) is 51.1 Å². The summed E-state index contributed by atoms with van der Waals surface area (Å²) in [6.07, 6.45) is 7.42. The third-order valence-electron chi connectivity index (χ3n) is 10.0. The van der Waals surface area contributed by atoms with Gasteiger partial charge in [0, 0.05) is 73.6 Å². The van der Waals surface area contributed by atoms with E-state index in [1.165, 1.54) is 50.5 Å². The van der Waals surface area contributed by atoms with Gasteiger partial charge in [-0.05, 0) is 123 Å². The summed E-state index contributed by atoms with van der Waals surface area (Å²) in [5, 5.41) is 7.12. The molecule has 6 heterocycles. The molecule has 17 heteroatoms. The number of methoxy groups -OCH3 is 1. The van der Waals surface area contributed by atoms with E-state index in [0.29, 0.717) is 33.4 Å². The van der Waals surface area contributed by atoms with Crippen molar-refractivity contribution >= 4 is 67.4 Å². The Morgan fingerprint density at radius 3 is 1.44 bits per heavy atom. The van der Waals surface area contributed by atoms with Gasteiger partial charge < -0.3 is 24.5 Å². The molecule has 2 aromatic carbocycles.